The summed E-state index contributed by atoms with van der Waals surface area (Å²) in [5.41, 5.74) is 14.0. The smallest absolute Gasteiger partial charge is 0.164 e. The lowest BCUT2D eigenvalue weighted by Gasteiger charge is -2.22. The van der Waals surface area contributed by atoms with E-state index in [0.717, 1.165) is 61.0 Å². The Morgan fingerprint density at radius 1 is 0.369 bits per heavy atom. The van der Waals surface area contributed by atoms with Crippen LogP contribution in [0.15, 0.2) is 200 Å². The van der Waals surface area contributed by atoms with Gasteiger partial charge in [0.2, 0.25) is 0 Å². The van der Waals surface area contributed by atoms with Crippen molar-refractivity contribution >= 4 is 32.3 Å². The monoisotopic (exact) mass is 829 g/mol. The van der Waals surface area contributed by atoms with Crippen LogP contribution in [0, 0.1) is 11.3 Å². The third-order valence-corrected chi connectivity index (χ3v) is 13.2. The Labute approximate surface area is 377 Å². The maximum absolute atomic E-state index is 9.79. The Kier molecular flexibility index (Phi) is 8.82. The topological polar surface area (TPSA) is 75.3 Å². The van der Waals surface area contributed by atoms with Crippen LogP contribution in [0.1, 0.15) is 30.5 Å². The number of nitrogens with zero attached hydrogens (tertiary/aromatic N) is 5. The summed E-state index contributed by atoms with van der Waals surface area (Å²) in [6.07, 6.45) is 2.03. The van der Waals surface area contributed by atoms with Crippen LogP contribution in [0.3, 0.4) is 0 Å². The first-order valence-electron chi connectivity index (χ1n) is 21.9. The zero-order valence-corrected chi connectivity index (χ0v) is 35.8. The van der Waals surface area contributed by atoms with Crippen LogP contribution in [0.2, 0.25) is 0 Å². The lowest BCUT2D eigenvalue weighted by Crippen LogP contribution is -2.15. The molecule has 304 valence electrons. The molecular formula is C60H39N5. The highest BCUT2D eigenvalue weighted by Gasteiger charge is 2.36. The number of benzene rings is 9. The fourth-order valence-corrected chi connectivity index (χ4v) is 9.81. The van der Waals surface area contributed by atoms with Crippen LogP contribution >= 0.6 is 0 Å². The third-order valence-electron chi connectivity index (χ3n) is 13.2. The summed E-state index contributed by atoms with van der Waals surface area (Å²) >= 11 is 0. The molecule has 0 atom stereocenters. The van der Waals surface area contributed by atoms with Crippen molar-refractivity contribution in [2.75, 3.05) is 0 Å². The quantitative estimate of drug-likeness (QED) is 0.156. The van der Waals surface area contributed by atoms with Gasteiger partial charge in [-0.25, -0.2) is 15.0 Å². The molecule has 9 aromatic carbocycles. The van der Waals surface area contributed by atoms with Crippen molar-refractivity contribution in [3.05, 3.63) is 217 Å². The molecule has 12 rings (SSSR count). The summed E-state index contributed by atoms with van der Waals surface area (Å²) in [5, 5.41) is 16.9. The van der Waals surface area contributed by atoms with Gasteiger partial charge in [-0.1, -0.05) is 166 Å². The molecule has 1 aliphatic carbocycles. The molecule has 0 fully saturated rings. The van der Waals surface area contributed by atoms with Gasteiger partial charge in [-0.3, -0.25) is 4.98 Å². The van der Waals surface area contributed by atoms with Crippen LogP contribution in [-0.4, -0.2) is 19.9 Å². The summed E-state index contributed by atoms with van der Waals surface area (Å²) in [6.45, 7) is 4.50. The van der Waals surface area contributed by atoms with E-state index >= 15 is 0 Å². The summed E-state index contributed by atoms with van der Waals surface area (Å²) < 4.78 is 0. The van der Waals surface area contributed by atoms with Crippen LogP contribution in [-0.2, 0) is 5.41 Å². The molecule has 0 unspecified atom stereocenters. The average molecular weight is 830 g/mol. The number of pyridine rings is 1. The molecule has 0 amide bonds. The van der Waals surface area contributed by atoms with Crippen molar-refractivity contribution < 1.29 is 0 Å². The van der Waals surface area contributed by atoms with Crippen molar-refractivity contribution in [1.82, 2.24) is 19.9 Å². The molecule has 2 aromatic heterocycles. The van der Waals surface area contributed by atoms with Crippen molar-refractivity contribution in [2.24, 2.45) is 0 Å². The number of rotatable bonds is 6. The van der Waals surface area contributed by atoms with Crippen LogP contribution in [0.5, 0.6) is 0 Å². The zero-order chi connectivity index (χ0) is 43.6. The van der Waals surface area contributed by atoms with Gasteiger partial charge in [0.05, 0.1) is 17.3 Å². The van der Waals surface area contributed by atoms with Crippen LogP contribution in [0.25, 0.3) is 111 Å². The minimum atomic E-state index is -0.304. The van der Waals surface area contributed by atoms with E-state index in [1.807, 2.05) is 54.7 Å². The summed E-state index contributed by atoms with van der Waals surface area (Å²) in [4.78, 5) is 20.8. The average Bonchev–Trinajstić information content (AvgIpc) is 3.60. The van der Waals surface area contributed by atoms with E-state index in [9.17, 15) is 5.26 Å². The molecule has 65 heavy (non-hydrogen) atoms. The second kappa shape index (κ2) is 15.0. The predicted molar refractivity (Wildman–Crippen MR) is 265 cm³/mol. The number of nitriles is 1. The number of hydrogen-bond donors (Lipinski definition) is 0. The van der Waals surface area contributed by atoms with E-state index in [1.165, 1.54) is 43.8 Å². The highest BCUT2D eigenvalue weighted by atomic mass is 15.0. The van der Waals surface area contributed by atoms with Gasteiger partial charge in [-0.05, 0) is 114 Å². The van der Waals surface area contributed by atoms with Crippen molar-refractivity contribution in [1.29, 1.82) is 5.26 Å². The SMILES string of the molecule is CC1(C)c2cc(C#N)ccc2-c2ccc(-c3cc(-c4cc5c6ccccc6c6ccccc6c5cn4)cc(-c4nc(-c5ccccc5)nc(-c5ccc(-c6ccccc6)cc5)n4)c3)cc21. The lowest BCUT2D eigenvalue weighted by molar-refractivity contribution is 0.660. The molecule has 0 N–H and O–H groups in total. The van der Waals surface area contributed by atoms with Crippen molar-refractivity contribution in [3.63, 3.8) is 0 Å². The predicted octanol–water partition coefficient (Wildman–Crippen LogP) is 14.9. The van der Waals surface area contributed by atoms with E-state index in [0.29, 0.717) is 23.0 Å². The Hall–Kier alpha value is -8.59. The van der Waals surface area contributed by atoms with Gasteiger partial charge >= 0.3 is 0 Å². The summed E-state index contributed by atoms with van der Waals surface area (Å²) in [7, 11) is 0. The molecule has 11 aromatic rings. The van der Waals surface area contributed by atoms with E-state index < -0.39 is 0 Å². The molecule has 0 spiro atoms. The Morgan fingerprint density at radius 3 is 1.48 bits per heavy atom. The van der Waals surface area contributed by atoms with E-state index in [2.05, 4.69) is 166 Å². The number of fused-ring (bicyclic) bond motifs is 9. The van der Waals surface area contributed by atoms with Gasteiger partial charge in [0, 0.05) is 39.3 Å². The molecule has 0 saturated heterocycles. The molecule has 2 heterocycles. The van der Waals surface area contributed by atoms with Crippen LogP contribution < -0.4 is 0 Å². The van der Waals surface area contributed by atoms with Gasteiger partial charge in [-0.2, -0.15) is 5.26 Å². The number of hydrogen-bond acceptors (Lipinski definition) is 5. The van der Waals surface area contributed by atoms with Crippen LogP contribution in [0.4, 0.5) is 0 Å². The fourth-order valence-electron chi connectivity index (χ4n) is 9.81. The van der Waals surface area contributed by atoms with E-state index in [-0.39, 0.29) is 5.41 Å². The molecule has 5 heteroatoms. The van der Waals surface area contributed by atoms with Gasteiger partial charge in [0.1, 0.15) is 0 Å². The van der Waals surface area contributed by atoms with Crippen molar-refractivity contribution in [2.45, 2.75) is 19.3 Å². The van der Waals surface area contributed by atoms with Gasteiger partial charge < -0.3 is 0 Å². The van der Waals surface area contributed by atoms with E-state index in [1.54, 1.807) is 0 Å². The maximum Gasteiger partial charge on any atom is 0.164 e. The zero-order valence-electron chi connectivity index (χ0n) is 35.8. The fraction of sp³-hybridized carbons (Fsp3) is 0.0500. The Bertz CT molecular complexity index is 3700. The second-order valence-corrected chi connectivity index (χ2v) is 17.4. The summed E-state index contributed by atoms with van der Waals surface area (Å²) in [6, 6.07) is 70.2. The Balaban J connectivity index is 1.07. The standard InChI is InChI=1S/C60H39N5/c1-60(2)54-29-37(35-61)21-27-50(54)51-28-26-42(33-55(51)60)43-30-44(56-34-52-48-19-11-9-17-46(48)47-18-10-12-20-49(47)53(52)36-62-56)32-45(31-43)59-64-57(40-15-7-4-8-16-40)63-58(65-59)41-24-22-39(23-25-41)38-13-5-3-6-14-38/h3-34,36H,1-2H3. The third kappa shape index (κ3) is 6.46. The largest absolute Gasteiger partial charge is 0.256 e. The maximum atomic E-state index is 9.79. The highest BCUT2D eigenvalue weighted by Crippen LogP contribution is 2.50. The number of aromatic nitrogens is 4. The molecular weight excluding hydrogens is 791 g/mol. The Morgan fingerprint density at radius 2 is 0.831 bits per heavy atom. The molecule has 0 saturated carbocycles. The molecule has 0 aliphatic heterocycles. The van der Waals surface area contributed by atoms with Gasteiger partial charge in [-0.15, -0.1) is 0 Å². The molecule has 0 bridgehead atoms. The lowest BCUT2D eigenvalue weighted by atomic mass is 9.81. The van der Waals surface area contributed by atoms with Crippen molar-refractivity contribution in [3.8, 4) is 84.9 Å². The minimum Gasteiger partial charge on any atom is -0.256 e. The first-order chi connectivity index (χ1) is 31.9. The molecule has 0 radical (unpaired) electrons. The summed E-state index contributed by atoms with van der Waals surface area (Å²) in [5.74, 6) is 1.76. The normalized spacial score (nSPS) is 12.6. The van der Waals surface area contributed by atoms with Gasteiger partial charge in [0.25, 0.3) is 0 Å². The first kappa shape index (κ1) is 38.1. The highest BCUT2D eigenvalue weighted by molar-refractivity contribution is 6.25. The molecule has 1 aliphatic rings. The van der Waals surface area contributed by atoms with E-state index in [4.69, 9.17) is 19.9 Å². The van der Waals surface area contributed by atoms with Gasteiger partial charge in [0.15, 0.2) is 17.5 Å². The first-order valence-corrected chi connectivity index (χ1v) is 21.9. The second-order valence-electron chi connectivity index (χ2n) is 17.4. The molecule has 5 nitrogen and oxygen atoms in total. The minimum absolute atomic E-state index is 0.304.